The van der Waals surface area contributed by atoms with E-state index in [0.29, 0.717) is 15.6 Å². The fourth-order valence-electron chi connectivity index (χ4n) is 0.878. The quantitative estimate of drug-likeness (QED) is 0.848. The predicted octanol–water partition coefficient (Wildman–Crippen LogP) is 3.38. The van der Waals surface area contributed by atoms with Crippen LogP contribution in [0.4, 0.5) is 4.39 Å². The first-order valence-corrected chi connectivity index (χ1v) is 4.16. The van der Waals surface area contributed by atoms with E-state index >= 15 is 0 Å². The Morgan fingerprint density at radius 3 is 2.08 bits per heavy atom. The zero-order valence-corrected chi connectivity index (χ0v) is 8.96. The van der Waals surface area contributed by atoms with Gasteiger partial charge in [-0.15, -0.1) is 12.4 Å². The molecule has 0 fully saturated rings. The van der Waals surface area contributed by atoms with Crippen LogP contribution in [0.25, 0.3) is 0 Å². The highest BCUT2D eigenvalue weighted by molar-refractivity contribution is 6.34. The molecule has 0 spiro atoms. The Hall–Kier alpha value is -0.0200. The Morgan fingerprint density at radius 2 is 1.69 bits per heavy atom. The van der Waals surface area contributed by atoms with Gasteiger partial charge in [0.25, 0.3) is 0 Å². The van der Waals surface area contributed by atoms with Gasteiger partial charge in [0.1, 0.15) is 6.67 Å². The molecule has 0 amide bonds. The second-order valence-corrected chi connectivity index (χ2v) is 3.34. The van der Waals surface area contributed by atoms with Crippen molar-refractivity contribution in [1.82, 2.24) is 0 Å². The third-order valence-corrected chi connectivity index (χ3v) is 1.92. The monoisotopic (exact) mass is 243 g/mol. The largest absolute Gasteiger partial charge is 0.322 e. The smallest absolute Gasteiger partial charge is 0.109 e. The predicted molar refractivity (Wildman–Crippen MR) is 56.6 cm³/mol. The summed E-state index contributed by atoms with van der Waals surface area (Å²) >= 11 is 11.4. The number of alkyl halides is 1. The molecule has 1 nitrogen and oxygen atoms in total. The van der Waals surface area contributed by atoms with Crippen molar-refractivity contribution >= 4 is 35.6 Å². The molecule has 0 unspecified atom stereocenters. The number of halogens is 4. The standard InChI is InChI=1S/C8H8Cl2FN.ClH/c9-6-1-5(8(12)4-11)2-7(10)3-6;/h1-3,8H,4,12H2;1H/t8-;/m1./s1. The molecule has 0 saturated heterocycles. The van der Waals surface area contributed by atoms with Gasteiger partial charge in [-0.1, -0.05) is 23.2 Å². The van der Waals surface area contributed by atoms with Gasteiger partial charge in [-0.2, -0.15) is 0 Å². The van der Waals surface area contributed by atoms with Crippen LogP contribution < -0.4 is 5.73 Å². The molecule has 1 rings (SSSR count). The molecule has 5 heteroatoms. The van der Waals surface area contributed by atoms with Gasteiger partial charge in [-0.3, -0.25) is 0 Å². The highest BCUT2D eigenvalue weighted by atomic mass is 35.5. The first-order chi connectivity index (χ1) is 5.63. The van der Waals surface area contributed by atoms with E-state index in [4.69, 9.17) is 28.9 Å². The van der Waals surface area contributed by atoms with Crippen LogP contribution >= 0.6 is 35.6 Å². The van der Waals surface area contributed by atoms with Gasteiger partial charge in [-0.25, -0.2) is 4.39 Å². The molecule has 1 aromatic rings. The Morgan fingerprint density at radius 1 is 1.23 bits per heavy atom. The van der Waals surface area contributed by atoms with Crippen LogP contribution in [0.3, 0.4) is 0 Å². The van der Waals surface area contributed by atoms with Crippen molar-refractivity contribution in [2.24, 2.45) is 5.73 Å². The molecule has 0 bridgehead atoms. The maximum Gasteiger partial charge on any atom is 0.109 e. The fraction of sp³-hybridized carbons (Fsp3) is 0.250. The molecule has 0 saturated carbocycles. The molecule has 2 N–H and O–H groups in total. The number of rotatable bonds is 2. The van der Waals surface area contributed by atoms with Crippen molar-refractivity contribution < 1.29 is 4.39 Å². The summed E-state index contributed by atoms with van der Waals surface area (Å²) in [4.78, 5) is 0. The average Bonchev–Trinajstić information content (AvgIpc) is 2.01. The molecule has 1 atom stereocenters. The minimum absolute atomic E-state index is 0. The highest BCUT2D eigenvalue weighted by Crippen LogP contribution is 2.22. The summed E-state index contributed by atoms with van der Waals surface area (Å²) < 4.78 is 12.1. The van der Waals surface area contributed by atoms with Crippen LogP contribution in [0.15, 0.2) is 18.2 Å². The molecule has 0 heterocycles. The van der Waals surface area contributed by atoms with Crippen LogP contribution in [0.5, 0.6) is 0 Å². The summed E-state index contributed by atoms with van der Waals surface area (Å²) in [6.07, 6.45) is 0. The van der Waals surface area contributed by atoms with Crippen LogP contribution in [0.1, 0.15) is 11.6 Å². The topological polar surface area (TPSA) is 26.0 Å². The van der Waals surface area contributed by atoms with E-state index in [0.717, 1.165) is 0 Å². The fourth-order valence-corrected chi connectivity index (χ4v) is 1.42. The zero-order valence-electron chi connectivity index (χ0n) is 6.64. The van der Waals surface area contributed by atoms with Crippen LogP contribution in [0.2, 0.25) is 10.0 Å². The Bertz CT molecular complexity index is 260. The van der Waals surface area contributed by atoms with E-state index in [1.54, 1.807) is 18.2 Å². The van der Waals surface area contributed by atoms with Crippen LogP contribution in [-0.4, -0.2) is 6.67 Å². The minimum Gasteiger partial charge on any atom is -0.322 e. The van der Waals surface area contributed by atoms with E-state index in [2.05, 4.69) is 0 Å². The molecule has 0 aliphatic carbocycles. The van der Waals surface area contributed by atoms with E-state index in [1.807, 2.05) is 0 Å². The maximum absolute atomic E-state index is 12.1. The maximum atomic E-state index is 12.1. The van der Waals surface area contributed by atoms with E-state index in [9.17, 15) is 4.39 Å². The zero-order chi connectivity index (χ0) is 9.14. The number of nitrogens with two attached hydrogens (primary N) is 1. The van der Waals surface area contributed by atoms with Crippen molar-refractivity contribution in [3.8, 4) is 0 Å². The molecular weight excluding hydrogens is 235 g/mol. The lowest BCUT2D eigenvalue weighted by atomic mass is 10.1. The molecule has 74 valence electrons. The summed E-state index contributed by atoms with van der Waals surface area (Å²) in [7, 11) is 0. The second kappa shape index (κ2) is 5.66. The highest BCUT2D eigenvalue weighted by Gasteiger charge is 2.06. The lowest BCUT2D eigenvalue weighted by molar-refractivity contribution is 0.437. The lowest BCUT2D eigenvalue weighted by Crippen LogP contribution is -2.11. The third-order valence-electron chi connectivity index (χ3n) is 1.48. The SMILES string of the molecule is Cl.N[C@H](CF)c1cc(Cl)cc(Cl)c1. The number of hydrogen-bond donors (Lipinski definition) is 1. The molecule has 1 aromatic carbocycles. The molecule has 0 aliphatic heterocycles. The minimum atomic E-state index is -0.638. The van der Waals surface area contributed by atoms with Crippen molar-refractivity contribution in [1.29, 1.82) is 0 Å². The van der Waals surface area contributed by atoms with Crippen molar-refractivity contribution in [2.45, 2.75) is 6.04 Å². The second-order valence-electron chi connectivity index (χ2n) is 2.46. The molecule has 0 radical (unpaired) electrons. The first-order valence-electron chi connectivity index (χ1n) is 3.41. The van der Waals surface area contributed by atoms with Crippen LogP contribution in [0, 0.1) is 0 Å². The number of benzene rings is 1. The van der Waals surface area contributed by atoms with E-state index in [1.165, 1.54) is 0 Å². The van der Waals surface area contributed by atoms with Gasteiger partial charge in [0.15, 0.2) is 0 Å². The molecule has 0 aliphatic rings. The Kier molecular flexibility index (Phi) is 5.65. The first kappa shape index (κ1) is 13.0. The summed E-state index contributed by atoms with van der Waals surface area (Å²) in [5, 5.41) is 0.947. The van der Waals surface area contributed by atoms with Gasteiger partial charge < -0.3 is 5.73 Å². The average molecular weight is 245 g/mol. The van der Waals surface area contributed by atoms with Gasteiger partial charge in [0, 0.05) is 10.0 Å². The van der Waals surface area contributed by atoms with Crippen molar-refractivity contribution in [3.05, 3.63) is 33.8 Å². The number of hydrogen-bond acceptors (Lipinski definition) is 1. The molecular formula is C8H9Cl3FN. The van der Waals surface area contributed by atoms with Crippen molar-refractivity contribution in [3.63, 3.8) is 0 Å². The lowest BCUT2D eigenvalue weighted by Gasteiger charge is -2.07. The van der Waals surface area contributed by atoms with Crippen molar-refractivity contribution in [2.75, 3.05) is 6.67 Å². The molecule has 0 aromatic heterocycles. The summed E-state index contributed by atoms with van der Waals surface area (Å²) in [6.45, 7) is -0.614. The normalized spacial score (nSPS) is 12.0. The van der Waals surface area contributed by atoms with Gasteiger partial charge in [0.05, 0.1) is 6.04 Å². The van der Waals surface area contributed by atoms with Gasteiger partial charge in [-0.05, 0) is 23.8 Å². The van der Waals surface area contributed by atoms with E-state index < -0.39 is 12.7 Å². The summed E-state index contributed by atoms with van der Waals surface area (Å²) in [6, 6.07) is 4.16. The summed E-state index contributed by atoms with van der Waals surface area (Å²) in [5.74, 6) is 0. The third kappa shape index (κ3) is 3.69. The molecule has 13 heavy (non-hydrogen) atoms. The van der Waals surface area contributed by atoms with Crippen LogP contribution in [-0.2, 0) is 0 Å². The van der Waals surface area contributed by atoms with E-state index in [-0.39, 0.29) is 12.4 Å². The summed E-state index contributed by atoms with van der Waals surface area (Å²) in [5.41, 5.74) is 6.06. The Balaban J connectivity index is 0.00000144. The van der Waals surface area contributed by atoms with Gasteiger partial charge >= 0.3 is 0 Å². The Labute approximate surface area is 92.4 Å². The van der Waals surface area contributed by atoms with Gasteiger partial charge in [0.2, 0.25) is 0 Å².